The molecule has 1 aliphatic rings. The van der Waals surface area contributed by atoms with Crippen LogP contribution in [0.15, 0.2) is 60.7 Å². The number of benzene rings is 2. The standard InChI is InChI=1S/C19H21NO3S2/c21-19(14-24-13-16-7-3-1-4-8-16)20(17-9-5-2-6-10-17)18-11-12-25(22,23)15-18/h1-10,18H,11-15H2/t18-/m0/s1. The van der Waals surface area contributed by atoms with Crippen molar-refractivity contribution in [3.8, 4) is 0 Å². The van der Waals surface area contributed by atoms with Crippen LogP contribution in [-0.2, 0) is 20.4 Å². The number of amides is 1. The number of rotatable bonds is 6. The molecule has 1 fully saturated rings. The molecular formula is C19H21NO3S2. The largest absolute Gasteiger partial charge is 0.308 e. The number of carbonyl (C=O) groups excluding carboxylic acids is 1. The predicted octanol–water partition coefficient (Wildman–Crippen LogP) is 3.14. The second-order valence-electron chi connectivity index (χ2n) is 6.13. The van der Waals surface area contributed by atoms with Crippen LogP contribution in [-0.4, -0.2) is 37.6 Å². The fourth-order valence-electron chi connectivity index (χ4n) is 3.03. The zero-order valence-electron chi connectivity index (χ0n) is 13.9. The number of sulfone groups is 1. The van der Waals surface area contributed by atoms with Gasteiger partial charge in [-0.1, -0.05) is 48.5 Å². The van der Waals surface area contributed by atoms with Gasteiger partial charge in [-0.05, 0) is 24.1 Å². The van der Waals surface area contributed by atoms with E-state index < -0.39 is 9.84 Å². The fourth-order valence-corrected chi connectivity index (χ4v) is 5.57. The minimum Gasteiger partial charge on any atom is -0.308 e. The molecule has 0 saturated carbocycles. The van der Waals surface area contributed by atoms with E-state index in [-0.39, 0.29) is 23.5 Å². The number of thioether (sulfide) groups is 1. The second kappa shape index (κ2) is 8.06. The summed E-state index contributed by atoms with van der Waals surface area (Å²) < 4.78 is 23.7. The van der Waals surface area contributed by atoms with Crippen molar-refractivity contribution in [3.63, 3.8) is 0 Å². The lowest BCUT2D eigenvalue weighted by Crippen LogP contribution is -2.42. The summed E-state index contributed by atoms with van der Waals surface area (Å²) in [6.45, 7) is 0. The zero-order valence-corrected chi connectivity index (χ0v) is 15.5. The summed E-state index contributed by atoms with van der Waals surface area (Å²) in [5, 5.41) is 0. The Kier molecular flexibility index (Phi) is 5.81. The number of hydrogen-bond donors (Lipinski definition) is 0. The van der Waals surface area contributed by atoms with Gasteiger partial charge in [-0.2, -0.15) is 0 Å². The average molecular weight is 376 g/mol. The fraction of sp³-hybridized carbons (Fsp3) is 0.316. The Bertz CT molecular complexity index is 807. The topological polar surface area (TPSA) is 54.5 Å². The summed E-state index contributed by atoms with van der Waals surface area (Å²) in [5.74, 6) is 1.27. The summed E-state index contributed by atoms with van der Waals surface area (Å²) in [5.41, 5.74) is 1.95. The van der Waals surface area contributed by atoms with E-state index in [1.54, 1.807) is 16.7 Å². The summed E-state index contributed by atoms with van der Waals surface area (Å²) in [6, 6.07) is 19.1. The van der Waals surface area contributed by atoms with Crippen molar-refractivity contribution in [1.29, 1.82) is 0 Å². The molecule has 0 radical (unpaired) electrons. The van der Waals surface area contributed by atoms with Crippen LogP contribution >= 0.6 is 11.8 Å². The second-order valence-corrected chi connectivity index (χ2v) is 9.35. The predicted molar refractivity (Wildman–Crippen MR) is 104 cm³/mol. The maximum Gasteiger partial charge on any atom is 0.237 e. The summed E-state index contributed by atoms with van der Waals surface area (Å²) in [6.07, 6.45) is 0.506. The molecule has 2 aromatic rings. The normalized spacial score (nSPS) is 18.8. The first kappa shape index (κ1) is 18.0. The number of para-hydroxylation sites is 1. The van der Waals surface area contributed by atoms with Gasteiger partial charge in [0.15, 0.2) is 9.84 Å². The number of anilines is 1. The Morgan fingerprint density at radius 2 is 1.68 bits per heavy atom. The van der Waals surface area contributed by atoms with Crippen LogP contribution in [0.2, 0.25) is 0 Å². The van der Waals surface area contributed by atoms with Gasteiger partial charge in [0.25, 0.3) is 0 Å². The van der Waals surface area contributed by atoms with Crippen LogP contribution < -0.4 is 4.90 Å². The molecule has 25 heavy (non-hydrogen) atoms. The van der Waals surface area contributed by atoms with Crippen LogP contribution in [0.3, 0.4) is 0 Å². The molecule has 1 saturated heterocycles. The monoisotopic (exact) mass is 375 g/mol. The zero-order chi connectivity index (χ0) is 17.7. The van der Waals surface area contributed by atoms with Gasteiger partial charge in [0.2, 0.25) is 5.91 Å². The van der Waals surface area contributed by atoms with Crippen molar-refractivity contribution in [2.75, 3.05) is 22.2 Å². The van der Waals surface area contributed by atoms with Gasteiger partial charge < -0.3 is 4.90 Å². The average Bonchev–Trinajstić information content (AvgIpc) is 2.96. The highest BCUT2D eigenvalue weighted by Crippen LogP contribution is 2.25. The van der Waals surface area contributed by atoms with Crippen LogP contribution in [0.5, 0.6) is 0 Å². The molecule has 0 N–H and O–H groups in total. The van der Waals surface area contributed by atoms with Gasteiger partial charge in [0.1, 0.15) is 0 Å². The lowest BCUT2D eigenvalue weighted by Gasteiger charge is -2.28. The molecule has 3 rings (SSSR count). The van der Waals surface area contributed by atoms with Crippen molar-refractivity contribution < 1.29 is 13.2 Å². The summed E-state index contributed by atoms with van der Waals surface area (Å²) in [4.78, 5) is 14.5. The van der Waals surface area contributed by atoms with Gasteiger partial charge >= 0.3 is 0 Å². The summed E-state index contributed by atoms with van der Waals surface area (Å²) >= 11 is 1.56. The molecule has 1 aliphatic heterocycles. The molecule has 0 aromatic heterocycles. The third-order valence-electron chi connectivity index (χ3n) is 4.21. The molecule has 132 valence electrons. The van der Waals surface area contributed by atoms with E-state index in [2.05, 4.69) is 0 Å². The van der Waals surface area contributed by atoms with Gasteiger partial charge in [-0.15, -0.1) is 11.8 Å². The molecule has 0 bridgehead atoms. The Balaban J connectivity index is 1.69. The van der Waals surface area contributed by atoms with Gasteiger partial charge in [0, 0.05) is 11.4 Å². The molecular weight excluding hydrogens is 354 g/mol. The van der Waals surface area contributed by atoms with Crippen LogP contribution in [0.4, 0.5) is 5.69 Å². The smallest absolute Gasteiger partial charge is 0.237 e. The number of hydrogen-bond acceptors (Lipinski definition) is 4. The van der Waals surface area contributed by atoms with Crippen molar-refractivity contribution in [3.05, 3.63) is 66.2 Å². The Morgan fingerprint density at radius 3 is 2.28 bits per heavy atom. The SMILES string of the molecule is O=C(CSCc1ccccc1)N(c1ccccc1)[C@H]1CCS(=O)(=O)C1. The minimum absolute atomic E-state index is 0.0331. The molecule has 0 spiro atoms. The van der Waals surface area contributed by atoms with Gasteiger partial charge in [-0.25, -0.2) is 8.42 Å². The van der Waals surface area contributed by atoms with E-state index in [1.807, 2.05) is 60.7 Å². The highest BCUT2D eigenvalue weighted by molar-refractivity contribution is 7.99. The molecule has 0 aliphatic carbocycles. The molecule has 4 nitrogen and oxygen atoms in total. The third kappa shape index (κ3) is 4.86. The molecule has 1 heterocycles. The Morgan fingerprint density at radius 1 is 1.04 bits per heavy atom. The quantitative estimate of drug-likeness (QED) is 0.778. The molecule has 2 aromatic carbocycles. The first-order valence-corrected chi connectivity index (χ1v) is 11.2. The van der Waals surface area contributed by atoms with Crippen LogP contribution in [0, 0.1) is 0 Å². The molecule has 1 amide bonds. The first-order chi connectivity index (χ1) is 12.1. The van der Waals surface area contributed by atoms with Crippen molar-refractivity contribution in [1.82, 2.24) is 0 Å². The van der Waals surface area contributed by atoms with Gasteiger partial charge in [-0.3, -0.25) is 4.79 Å². The molecule has 0 unspecified atom stereocenters. The van der Waals surface area contributed by atoms with E-state index in [4.69, 9.17) is 0 Å². The van der Waals surface area contributed by atoms with Crippen molar-refractivity contribution >= 4 is 33.2 Å². The lowest BCUT2D eigenvalue weighted by molar-refractivity contribution is -0.116. The van der Waals surface area contributed by atoms with Crippen molar-refractivity contribution in [2.24, 2.45) is 0 Å². The first-order valence-electron chi connectivity index (χ1n) is 8.24. The maximum absolute atomic E-state index is 12.8. The van der Waals surface area contributed by atoms with Crippen LogP contribution in [0.1, 0.15) is 12.0 Å². The van der Waals surface area contributed by atoms with Crippen molar-refractivity contribution in [2.45, 2.75) is 18.2 Å². The van der Waals surface area contributed by atoms with E-state index in [9.17, 15) is 13.2 Å². The highest BCUT2D eigenvalue weighted by atomic mass is 32.2. The third-order valence-corrected chi connectivity index (χ3v) is 6.95. The van der Waals surface area contributed by atoms with Crippen LogP contribution in [0.25, 0.3) is 0 Å². The number of carbonyl (C=O) groups is 1. The minimum atomic E-state index is -3.05. The molecule has 6 heteroatoms. The highest BCUT2D eigenvalue weighted by Gasteiger charge is 2.35. The van der Waals surface area contributed by atoms with E-state index in [1.165, 1.54) is 5.56 Å². The maximum atomic E-state index is 12.8. The van der Waals surface area contributed by atoms with E-state index in [0.717, 1.165) is 11.4 Å². The lowest BCUT2D eigenvalue weighted by atomic mass is 10.2. The van der Waals surface area contributed by atoms with E-state index >= 15 is 0 Å². The molecule has 1 atom stereocenters. The number of nitrogens with zero attached hydrogens (tertiary/aromatic N) is 1. The Labute approximate surface area is 153 Å². The van der Waals surface area contributed by atoms with E-state index in [0.29, 0.717) is 12.2 Å². The summed E-state index contributed by atoms with van der Waals surface area (Å²) in [7, 11) is -3.05. The van der Waals surface area contributed by atoms with Gasteiger partial charge in [0.05, 0.1) is 23.3 Å². The Hall–Kier alpha value is -1.79.